The van der Waals surface area contributed by atoms with Crippen molar-refractivity contribution >= 4 is 11.8 Å². The van der Waals surface area contributed by atoms with Gasteiger partial charge in [-0.1, -0.05) is 0 Å². The topological polar surface area (TPSA) is 45.7 Å². The van der Waals surface area contributed by atoms with E-state index in [0.29, 0.717) is 0 Å². The standard InChI is InChI=1S/C19H29N3O2/c1-14-10-16(11-20-15(14)2)21-8-6-19(12-21)7-9-22(13-19)17(23)24-18(3,4)5/h10-11H,6-9,12-13H2,1-5H3. The molecule has 1 unspecified atom stereocenters. The molecule has 0 saturated carbocycles. The number of hydrogen-bond acceptors (Lipinski definition) is 4. The zero-order chi connectivity index (χ0) is 17.5. The SMILES string of the molecule is Cc1cc(N2CCC3(CCN(C(=O)OC(C)(C)C)C3)C2)cnc1C. The maximum Gasteiger partial charge on any atom is 0.410 e. The van der Waals surface area contributed by atoms with Crippen LogP contribution in [0, 0.1) is 19.3 Å². The summed E-state index contributed by atoms with van der Waals surface area (Å²) in [6.45, 7) is 13.5. The summed E-state index contributed by atoms with van der Waals surface area (Å²) in [6, 6.07) is 2.22. The minimum Gasteiger partial charge on any atom is -0.444 e. The number of hydrogen-bond donors (Lipinski definition) is 0. The quantitative estimate of drug-likeness (QED) is 0.790. The molecule has 2 saturated heterocycles. The maximum atomic E-state index is 12.3. The summed E-state index contributed by atoms with van der Waals surface area (Å²) in [6.07, 6.45) is 3.98. The Balaban J connectivity index is 1.65. The highest BCUT2D eigenvalue weighted by Crippen LogP contribution is 2.41. The third kappa shape index (κ3) is 3.50. The van der Waals surface area contributed by atoms with Crippen molar-refractivity contribution in [1.29, 1.82) is 0 Å². The van der Waals surface area contributed by atoms with Gasteiger partial charge >= 0.3 is 6.09 Å². The molecule has 1 amide bonds. The highest BCUT2D eigenvalue weighted by molar-refractivity contribution is 5.68. The number of aryl methyl sites for hydroxylation is 2. The van der Waals surface area contributed by atoms with Crippen LogP contribution in [0.2, 0.25) is 0 Å². The summed E-state index contributed by atoms with van der Waals surface area (Å²) < 4.78 is 5.53. The molecular weight excluding hydrogens is 302 g/mol. The number of carbonyl (C=O) groups excluding carboxylic acids is 1. The average Bonchev–Trinajstić information content (AvgIpc) is 3.08. The molecule has 1 atom stereocenters. The van der Waals surface area contributed by atoms with Gasteiger partial charge in [-0.3, -0.25) is 4.98 Å². The molecule has 24 heavy (non-hydrogen) atoms. The molecule has 1 aromatic rings. The lowest BCUT2D eigenvalue weighted by Crippen LogP contribution is -2.37. The van der Waals surface area contributed by atoms with Crippen molar-refractivity contribution in [3.05, 3.63) is 23.5 Å². The molecule has 5 heteroatoms. The minimum absolute atomic E-state index is 0.175. The summed E-state index contributed by atoms with van der Waals surface area (Å²) in [7, 11) is 0. The molecule has 0 aromatic carbocycles. The van der Waals surface area contributed by atoms with E-state index in [1.807, 2.05) is 38.8 Å². The van der Waals surface area contributed by atoms with Gasteiger partial charge < -0.3 is 14.5 Å². The number of amides is 1. The third-order valence-corrected chi connectivity index (χ3v) is 5.22. The molecule has 2 aliphatic rings. The second-order valence-electron chi connectivity index (χ2n) is 8.42. The molecule has 3 heterocycles. The molecule has 132 valence electrons. The number of ether oxygens (including phenoxy) is 1. The number of likely N-dealkylation sites (tertiary alicyclic amines) is 1. The zero-order valence-corrected chi connectivity index (χ0v) is 15.6. The number of aromatic nitrogens is 1. The van der Waals surface area contributed by atoms with Gasteiger partial charge in [0.2, 0.25) is 0 Å². The Labute approximate surface area is 145 Å². The number of carbonyl (C=O) groups is 1. The number of pyridine rings is 1. The molecule has 0 radical (unpaired) electrons. The molecule has 2 aliphatic heterocycles. The molecule has 2 fully saturated rings. The lowest BCUT2D eigenvalue weighted by atomic mass is 9.86. The Morgan fingerprint density at radius 3 is 2.58 bits per heavy atom. The van der Waals surface area contributed by atoms with Crippen LogP contribution in [0.5, 0.6) is 0 Å². The van der Waals surface area contributed by atoms with E-state index in [4.69, 9.17) is 4.74 Å². The highest BCUT2D eigenvalue weighted by atomic mass is 16.6. The van der Waals surface area contributed by atoms with E-state index in [1.54, 1.807) is 0 Å². The first-order chi connectivity index (χ1) is 11.2. The van der Waals surface area contributed by atoms with E-state index in [1.165, 1.54) is 11.3 Å². The van der Waals surface area contributed by atoms with Gasteiger partial charge in [0, 0.05) is 37.3 Å². The van der Waals surface area contributed by atoms with Crippen molar-refractivity contribution in [2.24, 2.45) is 5.41 Å². The molecule has 3 rings (SSSR count). The Morgan fingerprint density at radius 2 is 1.92 bits per heavy atom. The first-order valence-electron chi connectivity index (χ1n) is 8.84. The van der Waals surface area contributed by atoms with E-state index in [9.17, 15) is 4.79 Å². The van der Waals surface area contributed by atoms with Crippen molar-refractivity contribution in [3.63, 3.8) is 0 Å². The van der Waals surface area contributed by atoms with Gasteiger partial charge in [0.1, 0.15) is 5.60 Å². The van der Waals surface area contributed by atoms with E-state index in [2.05, 4.69) is 22.9 Å². The molecule has 1 aromatic heterocycles. The lowest BCUT2D eigenvalue weighted by molar-refractivity contribution is 0.0276. The number of nitrogens with zero attached hydrogens (tertiary/aromatic N) is 3. The zero-order valence-electron chi connectivity index (χ0n) is 15.6. The van der Waals surface area contributed by atoms with Gasteiger partial charge in [-0.25, -0.2) is 4.79 Å². The molecule has 0 aliphatic carbocycles. The Bertz CT molecular complexity index is 638. The van der Waals surface area contributed by atoms with Crippen LogP contribution in [0.4, 0.5) is 10.5 Å². The van der Waals surface area contributed by atoms with Gasteiger partial charge in [0.05, 0.1) is 11.9 Å². The van der Waals surface area contributed by atoms with E-state index >= 15 is 0 Å². The Morgan fingerprint density at radius 1 is 1.21 bits per heavy atom. The van der Waals surface area contributed by atoms with Crippen molar-refractivity contribution in [2.75, 3.05) is 31.1 Å². The van der Waals surface area contributed by atoms with Crippen LogP contribution in [0.25, 0.3) is 0 Å². The van der Waals surface area contributed by atoms with Gasteiger partial charge in [-0.05, 0) is 59.1 Å². The largest absolute Gasteiger partial charge is 0.444 e. The maximum absolute atomic E-state index is 12.3. The van der Waals surface area contributed by atoms with Crippen molar-refractivity contribution in [3.8, 4) is 0 Å². The Hall–Kier alpha value is -1.78. The van der Waals surface area contributed by atoms with Crippen LogP contribution in [-0.4, -0.2) is 47.8 Å². The fourth-order valence-corrected chi connectivity index (χ4v) is 3.71. The van der Waals surface area contributed by atoms with Crippen LogP contribution >= 0.6 is 0 Å². The fourth-order valence-electron chi connectivity index (χ4n) is 3.71. The molecule has 0 bridgehead atoms. The molecule has 0 N–H and O–H groups in total. The third-order valence-electron chi connectivity index (χ3n) is 5.22. The monoisotopic (exact) mass is 331 g/mol. The van der Waals surface area contributed by atoms with E-state index in [0.717, 1.165) is 44.7 Å². The number of anilines is 1. The first-order valence-corrected chi connectivity index (χ1v) is 8.84. The van der Waals surface area contributed by atoms with Crippen molar-refractivity contribution < 1.29 is 9.53 Å². The molecule has 1 spiro atoms. The van der Waals surface area contributed by atoms with Crippen LogP contribution in [0.3, 0.4) is 0 Å². The van der Waals surface area contributed by atoms with Gasteiger partial charge in [-0.2, -0.15) is 0 Å². The second kappa shape index (κ2) is 5.94. The summed E-state index contributed by atoms with van der Waals surface area (Å²) in [5, 5.41) is 0. The summed E-state index contributed by atoms with van der Waals surface area (Å²) in [5.41, 5.74) is 3.29. The number of rotatable bonds is 1. The molecule has 5 nitrogen and oxygen atoms in total. The average molecular weight is 331 g/mol. The van der Waals surface area contributed by atoms with Crippen LogP contribution < -0.4 is 4.90 Å². The van der Waals surface area contributed by atoms with Crippen LogP contribution in [0.1, 0.15) is 44.9 Å². The van der Waals surface area contributed by atoms with Gasteiger partial charge in [-0.15, -0.1) is 0 Å². The normalized spacial score (nSPS) is 24.0. The summed E-state index contributed by atoms with van der Waals surface area (Å²) in [5.74, 6) is 0. The Kier molecular flexibility index (Phi) is 4.22. The van der Waals surface area contributed by atoms with Crippen molar-refractivity contribution in [2.45, 2.75) is 53.1 Å². The predicted octanol–water partition coefficient (Wildman–Crippen LogP) is 3.54. The lowest BCUT2D eigenvalue weighted by Gasteiger charge is -2.27. The smallest absolute Gasteiger partial charge is 0.410 e. The van der Waals surface area contributed by atoms with Crippen LogP contribution in [0.15, 0.2) is 12.3 Å². The van der Waals surface area contributed by atoms with Gasteiger partial charge in [0.25, 0.3) is 0 Å². The van der Waals surface area contributed by atoms with E-state index in [-0.39, 0.29) is 11.5 Å². The second-order valence-corrected chi connectivity index (χ2v) is 8.42. The van der Waals surface area contributed by atoms with Crippen molar-refractivity contribution in [1.82, 2.24) is 9.88 Å². The van der Waals surface area contributed by atoms with Gasteiger partial charge in [0.15, 0.2) is 0 Å². The first kappa shape index (κ1) is 17.1. The van der Waals surface area contributed by atoms with Crippen LogP contribution in [-0.2, 0) is 4.74 Å². The fraction of sp³-hybridized carbons (Fsp3) is 0.684. The van der Waals surface area contributed by atoms with E-state index < -0.39 is 5.60 Å². The summed E-state index contributed by atoms with van der Waals surface area (Å²) >= 11 is 0. The minimum atomic E-state index is -0.431. The summed E-state index contributed by atoms with van der Waals surface area (Å²) in [4.78, 5) is 21.1. The molecular formula is C19H29N3O2. The predicted molar refractivity (Wildman–Crippen MR) is 95.4 cm³/mol. The highest BCUT2D eigenvalue weighted by Gasteiger charge is 2.45.